The van der Waals surface area contributed by atoms with E-state index in [2.05, 4.69) is 45.2 Å². The molecule has 3 heterocycles. The second-order valence-electron chi connectivity index (χ2n) is 7.10. The highest BCUT2D eigenvalue weighted by Crippen LogP contribution is 2.29. The van der Waals surface area contributed by atoms with Crippen LogP contribution in [0.3, 0.4) is 0 Å². The third-order valence-corrected chi connectivity index (χ3v) is 5.30. The van der Waals surface area contributed by atoms with Gasteiger partial charge in [-0.25, -0.2) is 0 Å². The van der Waals surface area contributed by atoms with Crippen LogP contribution in [-0.2, 0) is 0 Å². The molecule has 3 aromatic rings. The topological polar surface area (TPSA) is 38.2 Å². The summed E-state index contributed by atoms with van der Waals surface area (Å²) in [6, 6.07) is 16.5. The van der Waals surface area contributed by atoms with Crippen LogP contribution in [0.4, 0.5) is 0 Å². The molecule has 4 heteroatoms. The highest BCUT2D eigenvalue weighted by atomic mass is 16.5. The molecule has 2 aromatic heterocycles. The molecule has 0 saturated carbocycles. The third kappa shape index (κ3) is 4.29. The van der Waals surface area contributed by atoms with Crippen molar-refractivity contribution in [3.05, 3.63) is 84.3 Å². The van der Waals surface area contributed by atoms with Crippen molar-refractivity contribution in [3.63, 3.8) is 0 Å². The Labute approximate surface area is 166 Å². The van der Waals surface area contributed by atoms with E-state index in [0.717, 1.165) is 42.2 Å². The molecule has 1 aromatic carbocycles. The van der Waals surface area contributed by atoms with Crippen LogP contribution in [0.1, 0.15) is 23.5 Å². The van der Waals surface area contributed by atoms with Gasteiger partial charge in [-0.05, 0) is 54.8 Å². The number of hydrogen-bond donors (Lipinski definition) is 0. The van der Waals surface area contributed by atoms with Gasteiger partial charge in [0.15, 0.2) is 0 Å². The smallest absolute Gasteiger partial charge is 0.126 e. The number of nitrogens with zero attached hydrogens (tertiary/aromatic N) is 3. The largest absolute Gasteiger partial charge is 0.496 e. The lowest BCUT2D eigenvalue weighted by Crippen LogP contribution is -2.20. The molecule has 0 radical (unpaired) electrons. The zero-order valence-corrected chi connectivity index (χ0v) is 16.2. The Morgan fingerprint density at radius 1 is 1.11 bits per heavy atom. The van der Waals surface area contributed by atoms with Crippen molar-refractivity contribution < 1.29 is 4.74 Å². The quantitative estimate of drug-likeness (QED) is 0.632. The average Bonchev–Trinajstić information content (AvgIpc) is 3.24. The zero-order chi connectivity index (χ0) is 19.2. The van der Waals surface area contributed by atoms with Crippen molar-refractivity contribution in [1.82, 2.24) is 14.9 Å². The van der Waals surface area contributed by atoms with Crippen molar-refractivity contribution in [3.8, 4) is 17.0 Å². The number of rotatable bonds is 6. The first-order chi connectivity index (χ1) is 13.8. The molecule has 1 aliphatic heterocycles. The summed E-state index contributed by atoms with van der Waals surface area (Å²) in [4.78, 5) is 11.1. The molecular formula is C24H25N3O. The first-order valence-corrected chi connectivity index (χ1v) is 9.72. The van der Waals surface area contributed by atoms with Crippen LogP contribution < -0.4 is 4.74 Å². The van der Waals surface area contributed by atoms with E-state index in [1.54, 1.807) is 7.11 Å². The maximum absolute atomic E-state index is 5.42. The van der Waals surface area contributed by atoms with E-state index in [1.165, 1.54) is 12.0 Å². The first kappa shape index (κ1) is 18.4. The van der Waals surface area contributed by atoms with Crippen molar-refractivity contribution in [2.45, 2.75) is 12.3 Å². The fraction of sp³-hybridized carbons (Fsp3) is 0.250. The molecule has 4 rings (SSSR count). The van der Waals surface area contributed by atoms with Crippen LogP contribution in [0.15, 0.2) is 73.2 Å². The van der Waals surface area contributed by atoms with Gasteiger partial charge in [0.1, 0.15) is 5.75 Å². The monoisotopic (exact) mass is 371 g/mol. The minimum atomic E-state index is 0.559. The number of pyridine rings is 2. The van der Waals surface area contributed by atoms with Gasteiger partial charge in [0, 0.05) is 42.8 Å². The molecule has 0 unspecified atom stereocenters. The Hall–Kier alpha value is -2.98. The van der Waals surface area contributed by atoms with E-state index in [0.29, 0.717) is 5.92 Å². The van der Waals surface area contributed by atoms with Crippen molar-refractivity contribution in [2.75, 3.05) is 26.7 Å². The van der Waals surface area contributed by atoms with Gasteiger partial charge < -0.3 is 4.74 Å². The fourth-order valence-electron chi connectivity index (χ4n) is 3.78. The number of hydrogen-bond acceptors (Lipinski definition) is 4. The number of ether oxygens (including phenoxy) is 1. The van der Waals surface area contributed by atoms with Gasteiger partial charge in [-0.1, -0.05) is 30.4 Å². The molecule has 0 amide bonds. The fourth-order valence-corrected chi connectivity index (χ4v) is 3.78. The molecule has 28 heavy (non-hydrogen) atoms. The van der Waals surface area contributed by atoms with E-state index < -0.39 is 0 Å². The van der Waals surface area contributed by atoms with Crippen LogP contribution in [0.25, 0.3) is 17.3 Å². The van der Waals surface area contributed by atoms with Gasteiger partial charge in [0.05, 0.1) is 12.8 Å². The molecule has 142 valence electrons. The van der Waals surface area contributed by atoms with Gasteiger partial charge in [-0.2, -0.15) is 0 Å². The predicted octanol–water partition coefficient (Wildman–Crippen LogP) is 4.65. The van der Waals surface area contributed by atoms with Crippen LogP contribution >= 0.6 is 0 Å². The third-order valence-electron chi connectivity index (χ3n) is 5.30. The second-order valence-corrected chi connectivity index (χ2v) is 7.10. The Morgan fingerprint density at radius 2 is 1.96 bits per heavy atom. The van der Waals surface area contributed by atoms with Crippen LogP contribution in [0.5, 0.6) is 5.75 Å². The standard InChI is InChI=1S/C24H25N3O/c1-28-24-7-3-2-5-20(24)6-4-15-27-16-11-22(18-27)21-10-14-26-23(17-21)19-8-12-25-13-9-19/h2-10,12-14,17,22H,11,15-16,18H2,1H3/b6-4+/t22-/m1/s1. The lowest BCUT2D eigenvalue weighted by atomic mass is 9.98. The Bertz CT molecular complexity index is 939. The summed E-state index contributed by atoms with van der Waals surface area (Å²) in [7, 11) is 1.71. The number of methoxy groups -OCH3 is 1. The van der Waals surface area contributed by atoms with E-state index >= 15 is 0 Å². The molecule has 0 aliphatic carbocycles. The molecule has 4 nitrogen and oxygen atoms in total. The zero-order valence-electron chi connectivity index (χ0n) is 16.2. The lowest BCUT2D eigenvalue weighted by molar-refractivity contribution is 0.372. The Kier molecular flexibility index (Phi) is 5.78. The summed E-state index contributed by atoms with van der Waals surface area (Å²) >= 11 is 0. The van der Waals surface area contributed by atoms with Crippen LogP contribution in [-0.4, -0.2) is 41.6 Å². The minimum absolute atomic E-state index is 0.559. The normalized spacial score (nSPS) is 17.2. The summed E-state index contributed by atoms with van der Waals surface area (Å²) in [5, 5.41) is 0. The SMILES string of the molecule is COc1ccccc1/C=C/CN1CC[C@@H](c2ccnc(-c3ccncc3)c2)C1. The second kappa shape index (κ2) is 8.81. The number of likely N-dealkylation sites (tertiary alicyclic amines) is 1. The first-order valence-electron chi connectivity index (χ1n) is 9.72. The number of aromatic nitrogens is 2. The molecule has 0 bridgehead atoms. The summed E-state index contributed by atoms with van der Waals surface area (Å²) in [5.41, 5.74) is 4.63. The van der Waals surface area contributed by atoms with E-state index in [1.807, 2.05) is 48.9 Å². The van der Waals surface area contributed by atoms with Gasteiger partial charge in [-0.3, -0.25) is 14.9 Å². The highest BCUT2D eigenvalue weighted by molar-refractivity contribution is 5.59. The van der Waals surface area contributed by atoms with Gasteiger partial charge in [0.25, 0.3) is 0 Å². The van der Waals surface area contributed by atoms with Crippen molar-refractivity contribution in [2.24, 2.45) is 0 Å². The van der Waals surface area contributed by atoms with Crippen molar-refractivity contribution >= 4 is 6.08 Å². The predicted molar refractivity (Wildman–Crippen MR) is 113 cm³/mol. The molecule has 0 spiro atoms. The summed E-state index contributed by atoms with van der Waals surface area (Å²) in [5.74, 6) is 1.47. The van der Waals surface area contributed by atoms with Crippen LogP contribution in [0, 0.1) is 0 Å². The van der Waals surface area contributed by atoms with Gasteiger partial charge in [-0.15, -0.1) is 0 Å². The number of benzene rings is 1. The summed E-state index contributed by atoms with van der Waals surface area (Å²) in [6.45, 7) is 3.15. The number of para-hydroxylation sites is 1. The molecule has 1 fully saturated rings. The average molecular weight is 371 g/mol. The minimum Gasteiger partial charge on any atom is -0.496 e. The van der Waals surface area contributed by atoms with E-state index in [9.17, 15) is 0 Å². The van der Waals surface area contributed by atoms with Gasteiger partial charge in [0.2, 0.25) is 0 Å². The van der Waals surface area contributed by atoms with Crippen molar-refractivity contribution in [1.29, 1.82) is 0 Å². The van der Waals surface area contributed by atoms with Gasteiger partial charge >= 0.3 is 0 Å². The Morgan fingerprint density at radius 3 is 2.82 bits per heavy atom. The maximum atomic E-state index is 5.42. The summed E-state index contributed by atoms with van der Waals surface area (Å²) < 4.78 is 5.42. The molecular weight excluding hydrogens is 346 g/mol. The van der Waals surface area contributed by atoms with E-state index in [4.69, 9.17) is 4.74 Å². The van der Waals surface area contributed by atoms with Crippen LogP contribution in [0.2, 0.25) is 0 Å². The molecule has 1 aliphatic rings. The Balaban J connectivity index is 1.39. The maximum Gasteiger partial charge on any atom is 0.126 e. The lowest BCUT2D eigenvalue weighted by Gasteiger charge is -2.14. The molecule has 0 N–H and O–H groups in total. The molecule has 1 saturated heterocycles. The summed E-state index contributed by atoms with van der Waals surface area (Å²) in [6.07, 6.45) is 11.1. The van der Waals surface area contributed by atoms with E-state index in [-0.39, 0.29) is 0 Å². The highest BCUT2D eigenvalue weighted by Gasteiger charge is 2.23. The molecule has 1 atom stereocenters.